The molecule has 2 N–H and O–H groups in total. The first kappa shape index (κ1) is 45.1. The Morgan fingerprint density at radius 3 is 2.44 bits per heavy atom. The van der Waals surface area contributed by atoms with Gasteiger partial charge in [0.05, 0.1) is 10.9 Å². The zero-order valence-corrected chi connectivity index (χ0v) is 33.2. The van der Waals surface area contributed by atoms with Crippen molar-refractivity contribution in [2.45, 2.75) is 38.1 Å². The summed E-state index contributed by atoms with van der Waals surface area (Å²) in [7, 11) is -1.86. The summed E-state index contributed by atoms with van der Waals surface area (Å²) in [5.41, 5.74) is 4.46. The Hall–Kier alpha value is -5.02. The molecule has 0 aromatic heterocycles. The van der Waals surface area contributed by atoms with Crippen LogP contribution in [0.4, 0.5) is 9.18 Å². The van der Waals surface area contributed by atoms with Crippen molar-refractivity contribution in [3.63, 3.8) is 0 Å². The van der Waals surface area contributed by atoms with Crippen LogP contribution in [0, 0.1) is 5.92 Å². The Morgan fingerprint density at radius 1 is 1.06 bits per heavy atom. The Kier molecular flexibility index (Phi) is 19.7. The molecule has 0 fully saturated rings. The Morgan fingerprint density at radius 2 is 1.80 bits per heavy atom. The van der Waals surface area contributed by atoms with Crippen LogP contribution in [0.2, 0.25) is 5.02 Å². The van der Waals surface area contributed by atoms with Crippen LogP contribution in [-0.2, 0) is 11.0 Å². The number of amides is 2. The summed E-state index contributed by atoms with van der Waals surface area (Å²) in [6.07, 6.45) is 26.5. The molecular formula is C45H53ClFN3O3S. The summed E-state index contributed by atoms with van der Waals surface area (Å²) in [5, 5.41) is 14.1. The second-order valence-corrected chi connectivity index (χ2v) is 14.7. The molecule has 0 radical (unpaired) electrons. The van der Waals surface area contributed by atoms with Crippen LogP contribution in [0.5, 0.6) is 5.75 Å². The number of hydrogen-bond donors (Lipinski definition) is 2. The molecular weight excluding hydrogens is 717 g/mol. The molecule has 1 aromatic carbocycles. The number of nitrogens with zero attached hydrogens (tertiary/aromatic N) is 2. The van der Waals surface area contributed by atoms with E-state index in [1.807, 2.05) is 69.4 Å². The van der Waals surface area contributed by atoms with E-state index in [0.29, 0.717) is 29.1 Å². The molecule has 1 aliphatic carbocycles. The van der Waals surface area contributed by atoms with Crippen LogP contribution in [0.1, 0.15) is 27.2 Å². The molecule has 54 heavy (non-hydrogen) atoms. The zero-order chi connectivity index (χ0) is 40.2. The van der Waals surface area contributed by atoms with Gasteiger partial charge in [-0.1, -0.05) is 144 Å². The van der Waals surface area contributed by atoms with Gasteiger partial charge in [0.1, 0.15) is 22.6 Å². The molecule has 0 aliphatic heterocycles. The number of phenols is 1. The highest BCUT2D eigenvalue weighted by Gasteiger charge is 2.24. The van der Waals surface area contributed by atoms with Crippen molar-refractivity contribution in [1.82, 2.24) is 14.5 Å². The monoisotopic (exact) mass is 769 g/mol. The molecule has 9 heteroatoms. The van der Waals surface area contributed by atoms with Crippen molar-refractivity contribution in [2.24, 2.45) is 5.92 Å². The van der Waals surface area contributed by atoms with Gasteiger partial charge in [-0.2, -0.15) is 0 Å². The number of nitrogens with one attached hydrogen (secondary N) is 1. The zero-order valence-electron chi connectivity index (χ0n) is 31.6. The van der Waals surface area contributed by atoms with Crippen molar-refractivity contribution in [1.29, 1.82) is 0 Å². The van der Waals surface area contributed by atoms with Crippen molar-refractivity contribution in [3.8, 4) is 5.75 Å². The number of urea groups is 1. The summed E-state index contributed by atoms with van der Waals surface area (Å²) in [5.74, 6) is -0.440. The van der Waals surface area contributed by atoms with Gasteiger partial charge in [0.25, 0.3) is 0 Å². The summed E-state index contributed by atoms with van der Waals surface area (Å²) in [6.45, 7) is 30.6. The predicted molar refractivity (Wildman–Crippen MR) is 228 cm³/mol. The first-order valence-corrected chi connectivity index (χ1v) is 19.0. The third-order valence-corrected chi connectivity index (χ3v) is 9.55. The van der Waals surface area contributed by atoms with E-state index in [1.165, 1.54) is 30.4 Å². The Balaban J connectivity index is 2.37. The summed E-state index contributed by atoms with van der Waals surface area (Å²) < 4.78 is 29.1. The second-order valence-electron chi connectivity index (χ2n) is 12.8. The molecule has 0 spiro atoms. The minimum atomic E-state index is -1.86. The van der Waals surface area contributed by atoms with Gasteiger partial charge in [0.2, 0.25) is 0 Å². The number of carbonyl (C=O) groups is 1. The molecule has 1 aromatic rings. The van der Waals surface area contributed by atoms with Crippen molar-refractivity contribution in [3.05, 3.63) is 193 Å². The minimum absolute atomic E-state index is 0.132. The van der Waals surface area contributed by atoms with Crippen molar-refractivity contribution < 1.29 is 18.5 Å². The van der Waals surface area contributed by atoms with Crippen LogP contribution in [0.3, 0.4) is 0 Å². The lowest BCUT2D eigenvalue weighted by atomic mass is 9.93. The first-order valence-electron chi connectivity index (χ1n) is 17.5. The predicted octanol–water partition coefficient (Wildman–Crippen LogP) is 10.9. The molecule has 0 saturated carbocycles. The number of benzene rings is 1. The lowest BCUT2D eigenvalue weighted by Crippen LogP contribution is -2.47. The van der Waals surface area contributed by atoms with E-state index in [9.17, 15) is 18.5 Å². The van der Waals surface area contributed by atoms with Crippen LogP contribution < -0.4 is 5.32 Å². The molecule has 2 amide bonds. The normalized spacial score (nSPS) is 15.9. The Bertz CT molecular complexity index is 1860. The highest BCUT2D eigenvalue weighted by atomic mass is 35.5. The highest BCUT2D eigenvalue weighted by molar-refractivity contribution is 7.82. The molecule has 6 nitrogen and oxygen atoms in total. The highest BCUT2D eigenvalue weighted by Crippen LogP contribution is 2.28. The van der Waals surface area contributed by atoms with Crippen LogP contribution >= 0.6 is 11.6 Å². The average Bonchev–Trinajstić information content (AvgIpc) is 3.14. The summed E-state index contributed by atoms with van der Waals surface area (Å²) in [4.78, 5) is 15.7. The molecule has 2 rings (SSSR count). The number of halogens is 2. The maximum atomic E-state index is 14.1. The SMILES string of the molecule is C=C/C=C\C(=C)C1=CC=CCC1NC(=O)N(C/C(C=C)=C/C(=C)CN(CC(/C=C\C(=C)/C=C/C=C(/F)C=C)=C/C)S(=O)c1cc(Cl)ccc1O)CC(C)C. The fourth-order valence-electron chi connectivity index (χ4n) is 5.19. The number of allylic oxidation sites excluding steroid dienone is 13. The quantitative estimate of drug-likeness (QED) is 0.122. The Labute approximate surface area is 329 Å². The molecule has 286 valence electrons. The van der Waals surface area contributed by atoms with Crippen LogP contribution in [0.15, 0.2) is 193 Å². The second kappa shape index (κ2) is 23.6. The average molecular weight is 770 g/mol. The van der Waals surface area contributed by atoms with E-state index in [2.05, 4.69) is 44.8 Å². The third kappa shape index (κ3) is 15.5. The molecule has 0 saturated heterocycles. The smallest absolute Gasteiger partial charge is 0.318 e. The minimum Gasteiger partial charge on any atom is -0.507 e. The van der Waals surface area contributed by atoms with Gasteiger partial charge in [0, 0.05) is 31.2 Å². The van der Waals surface area contributed by atoms with Crippen LogP contribution in [0.25, 0.3) is 0 Å². The van der Waals surface area contributed by atoms with Gasteiger partial charge in [-0.15, -0.1) is 0 Å². The van der Waals surface area contributed by atoms with Crippen LogP contribution in [-0.4, -0.2) is 56.8 Å². The van der Waals surface area contributed by atoms with Gasteiger partial charge < -0.3 is 15.3 Å². The van der Waals surface area contributed by atoms with Gasteiger partial charge in [0.15, 0.2) is 0 Å². The van der Waals surface area contributed by atoms with E-state index < -0.39 is 16.8 Å². The number of aromatic hydroxyl groups is 1. The third-order valence-electron chi connectivity index (χ3n) is 7.88. The van der Waals surface area contributed by atoms with Gasteiger partial charge >= 0.3 is 6.03 Å². The number of rotatable bonds is 21. The van der Waals surface area contributed by atoms with E-state index in [4.69, 9.17) is 11.6 Å². The standard InChI is InChI=1S/C45H53ClFN3O3S/c1-10-14-19-36(9)41-21-15-16-22-42(41)48-45(52)49(29-33(5)6)31-38(12-3)27-35(8)30-50(54(53)44-28-39(46)25-26-43(44)51)32-37(11-2)24-23-34(7)18-17-20-40(47)13-4/h10-21,23-28,33,42,51H,1,3-4,7-9,22,29-32H2,2,5-6H3,(H,48,52)/b18-17+,19-14-,24-23-,37-11+,38-27+,40-20+. The summed E-state index contributed by atoms with van der Waals surface area (Å²) >= 11 is 6.23. The fraction of sp³-hybridized carbons (Fsp3) is 0.222. The molecule has 0 bridgehead atoms. The summed E-state index contributed by atoms with van der Waals surface area (Å²) in [6, 6.07) is 3.91. The van der Waals surface area contributed by atoms with Gasteiger partial charge in [-0.25, -0.2) is 17.7 Å². The van der Waals surface area contributed by atoms with Gasteiger partial charge in [-0.05, 0) is 83.1 Å². The molecule has 2 atom stereocenters. The molecule has 0 heterocycles. The lowest BCUT2D eigenvalue weighted by Gasteiger charge is -2.30. The van der Waals surface area contributed by atoms with E-state index in [1.54, 1.807) is 33.5 Å². The van der Waals surface area contributed by atoms with E-state index in [-0.39, 0.29) is 48.3 Å². The lowest BCUT2D eigenvalue weighted by molar-refractivity contribution is 0.193. The number of carbonyl (C=O) groups excluding carboxylic acids is 1. The van der Waals surface area contributed by atoms with Gasteiger partial charge in [-0.3, -0.25) is 0 Å². The maximum absolute atomic E-state index is 14.1. The molecule has 2 unspecified atom stereocenters. The largest absolute Gasteiger partial charge is 0.507 e. The van der Waals surface area contributed by atoms with Crippen molar-refractivity contribution in [2.75, 3.05) is 26.2 Å². The maximum Gasteiger partial charge on any atom is 0.318 e. The van der Waals surface area contributed by atoms with E-state index in [0.717, 1.165) is 28.4 Å². The molecule has 1 aliphatic rings. The topological polar surface area (TPSA) is 72.9 Å². The van der Waals surface area contributed by atoms with E-state index >= 15 is 0 Å². The fourth-order valence-corrected chi connectivity index (χ4v) is 6.73. The number of phenolic OH excluding ortho intramolecular Hbond substituents is 1. The van der Waals surface area contributed by atoms with Crippen molar-refractivity contribution >= 4 is 28.6 Å². The first-order chi connectivity index (χ1) is 25.7. The number of hydrogen-bond acceptors (Lipinski definition) is 3.